The number of benzene rings is 2. The number of rotatable bonds is 5. The van der Waals surface area contributed by atoms with E-state index in [4.69, 9.17) is 17.3 Å². The molecule has 2 aromatic rings. The van der Waals surface area contributed by atoms with Crippen LogP contribution in [0.5, 0.6) is 0 Å². The Hall–Kier alpha value is -2.33. The molecule has 2 aromatic carbocycles. The summed E-state index contributed by atoms with van der Waals surface area (Å²) in [6.07, 6.45) is 0.757. The first kappa shape index (κ1) is 16.0. The number of carbonyl (C=O) groups is 2. The highest BCUT2D eigenvalue weighted by Crippen LogP contribution is 2.19. The van der Waals surface area contributed by atoms with Crippen LogP contribution in [0.25, 0.3) is 0 Å². The summed E-state index contributed by atoms with van der Waals surface area (Å²) in [6, 6.07) is 13.6. The minimum absolute atomic E-state index is 0.0967. The quantitative estimate of drug-likeness (QED) is 0.888. The summed E-state index contributed by atoms with van der Waals surface area (Å²) in [5.74, 6) is -0.711. The molecule has 0 aliphatic heterocycles. The van der Waals surface area contributed by atoms with Crippen LogP contribution < -0.4 is 11.1 Å². The summed E-state index contributed by atoms with van der Waals surface area (Å²) in [5.41, 5.74) is 7.03. The number of nitrogens with one attached hydrogen (secondary N) is 1. The SMILES string of the molecule is CC[C@H](NC(=O)c1ccc(C(N)=O)cc1)c1ccc(Cl)cc1. The number of halogens is 1. The van der Waals surface area contributed by atoms with E-state index >= 15 is 0 Å². The molecule has 0 fully saturated rings. The van der Waals surface area contributed by atoms with E-state index in [1.165, 1.54) is 0 Å². The van der Waals surface area contributed by atoms with Crippen LogP contribution in [0.4, 0.5) is 0 Å². The normalized spacial score (nSPS) is 11.7. The van der Waals surface area contributed by atoms with Gasteiger partial charge in [-0.3, -0.25) is 9.59 Å². The van der Waals surface area contributed by atoms with Gasteiger partial charge in [-0.05, 0) is 48.4 Å². The summed E-state index contributed by atoms with van der Waals surface area (Å²) in [5, 5.41) is 3.63. The molecule has 0 heterocycles. The number of hydrogen-bond acceptors (Lipinski definition) is 2. The van der Waals surface area contributed by atoms with Crippen molar-refractivity contribution in [3.63, 3.8) is 0 Å². The molecule has 0 radical (unpaired) electrons. The van der Waals surface area contributed by atoms with E-state index in [9.17, 15) is 9.59 Å². The first-order chi connectivity index (χ1) is 10.5. The molecule has 0 unspecified atom stereocenters. The molecule has 3 N–H and O–H groups in total. The lowest BCUT2D eigenvalue weighted by atomic mass is 10.0. The molecule has 0 aliphatic rings. The predicted molar refractivity (Wildman–Crippen MR) is 86.9 cm³/mol. The molecular weight excluding hydrogens is 300 g/mol. The molecule has 5 heteroatoms. The second kappa shape index (κ2) is 7.09. The zero-order chi connectivity index (χ0) is 16.1. The Morgan fingerprint density at radius 2 is 1.59 bits per heavy atom. The van der Waals surface area contributed by atoms with E-state index in [0.717, 1.165) is 12.0 Å². The van der Waals surface area contributed by atoms with E-state index in [1.807, 2.05) is 19.1 Å². The molecular formula is C17H17ClN2O2. The van der Waals surface area contributed by atoms with Crippen molar-refractivity contribution in [3.05, 3.63) is 70.2 Å². The average Bonchev–Trinajstić information content (AvgIpc) is 2.53. The van der Waals surface area contributed by atoms with Crippen LogP contribution in [-0.2, 0) is 0 Å². The van der Waals surface area contributed by atoms with Crippen molar-refractivity contribution < 1.29 is 9.59 Å². The third-order valence-corrected chi connectivity index (χ3v) is 3.67. The van der Waals surface area contributed by atoms with Crippen molar-refractivity contribution in [2.45, 2.75) is 19.4 Å². The summed E-state index contributed by atoms with van der Waals surface area (Å²) in [6.45, 7) is 2.00. The van der Waals surface area contributed by atoms with Gasteiger partial charge in [0.25, 0.3) is 5.91 Å². The largest absolute Gasteiger partial charge is 0.366 e. The van der Waals surface area contributed by atoms with Crippen molar-refractivity contribution in [2.24, 2.45) is 5.73 Å². The maximum atomic E-state index is 12.3. The van der Waals surface area contributed by atoms with E-state index in [0.29, 0.717) is 16.1 Å². The highest BCUT2D eigenvalue weighted by molar-refractivity contribution is 6.30. The van der Waals surface area contributed by atoms with Gasteiger partial charge in [-0.2, -0.15) is 0 Å². The van der Waals surface area contributed by atoms with E-state index < -0.39 is 5.91 Å². The van der Waals surface area contributed by atoms with Gasteiger partial charge >= 0.3 is 0 Å². The third kappa shape index (κ3) is 3.86. The minimum atomic E-state index is -0.514. The van der Waals surface area contributed by atoms with Gasteiger partial charge in [-0.1, -0.05) is 30.7 Å². The maximum Gasteiger partial charge on any atom is 0.251 e. The molecule has 0 saturated carbocycles. The fourth-order valence-electron chi connectivity index (χ4n) is 2.14. The summed E-state index contributed by atoms with van der Waals surface area (Å²) >= 11 is 5.88. The lowest BCUT2D eigenvalue weighted by Crippen LogP contribution is -2.28. The Morgan fingerprint density at radius 1 is 1.05 bits per heavy atom. The third-order valence-electron chi connectivity index (χ3n) is 3.42. The highest BCUT2D eigenvalue weighted by Gasteiger charge is 2.14. The van der Waals surface area contributed by atoms with Gasteiger partial charge in [-0.15, -0.1) is 0 Å². The number of primary amides is 1. The fraction of sp³-hybridized carbons (Fsp3) is 0.176. The molecule has 0 bridgehead atoms. The lowest BCUT2D eigenvalue weighted by Gasteiger charge is -2.17. The van der Waals surface area contributed by atoms with Gasteiger partial charge in [0.05, 0.1) is 6.04 Å². The number of nitrogens with two attached hydrogens (primary N) is 1. The van der Waals surface area contributed by atoms with Gasteiger partial charge in [-0.25, -0.2) is 0 Å². The second-order valence-corrected chi connectivity index (χ2v) is 5.36. The molecule has 2 rings (SSSR count). The van der Waals surface area contributed by atoms with Gasteiger partial charge in [0.2, 0.25) is 5.91 Å². The zero-order valence-electron chi connectivity index (χ0n) is 12.2. The van der Waals surface area contributed by atoms with Crippen LogP contribution in [0.15, 0.2) is 48.5 Å². The Balaban J connectivity index is 2.11. The Bertz CT molecular complexity index is 666. The second-order valence-electron chi connectivity index (χ2n) is 4.93. The summed E-state index contributed by atoms with van der Waals surface area (Å²) in [7, 11) is 0. The molecule has 0 saturated heterocycles. The zero-order valence-corrected chi connectivity index (χ0v) is 12.9. The number of carbonyl (C=O) groups excluding carboxylic acids is 2. The molecule has 0 aromatic heterocycles. The maximum absolute atomic E-state index is 12.3. The molecule has 2 amide bonds. The lowest BCUT2D eigenvalue weighted by molar-refractivity contribution is 0.0933. The van der Waals surface area contributed by atoms with E-state index in [2.05, 4.69) is 5.32 Å². The first-order valence-electron chi connectivity index (χ1n) is 6.97. The van der Waals surface area contributed by atoms with Crippen LogP contribution in [0.2, 0.25) is 5.02 Å². The monoisotopic (exact) mass is 316 g/mol. The highest BCUT2D eigenvalue weighted by atomic mass is 35.5. The topological polar surface area (TPSA) is 72.2 Å². The Labute approximate surface area is 134 Å². The predicted octanol–water partition coefficient (Wildman–Crippen LogP) is 3.32. The molecule has 4 nitrogen and oxygen atoms in total. The van der Waals surface area contributed by atoms with E-state index in [-0.39, 0.29) is 11.9 Å². The molecule has 1 atom stereocenters. The number of amides is 2. The Kier molecular flexibility index (Phi) is 5.17. The van der Waals surface area contributed by atoms with Crippen molar-refractivity contribution >= 4 is 23.4 Å². The van der Waals surface area contributed by atoms with Gasteiger partial charge in [0, 0.05) is 16.1 Å². The van der Waals surface area contributed by atoms with Crippen molar-refractivity contribution in [1.29, 1.82) is 0 Å². The van der Waals surface area contributed by atoms with Crippen LogP contribution in [0, 0.1) is 0 Å². The van der Waals surface area contributed by atoms with Gasteiger partial charge in [0.1, 0.15) is 0 Å². The number of hydrogen-bond donors (Lipinski definition) is 2. The van der Waals surface area contributed by atoms with Crippen LogP contribution in [0.1, 0.15) is 45.7 Å². The minimum Gasteiger partial charge on any atom is -0.366 e. The first-order valence-corrected chi connectivity index (χ1v) is 7.35. The fourth-order valence-corrected chi connectivity index (χ4v) is 2.27. The van der Waals surface area contributed by atoms with E-state index in [1.54, 1.807) is 36.4 Å². The smallest absolute Gasteiger partial charge is 0.251 e. The van der Waals surface area contributed by atoms with Crippen LogP contribution in [0.3, 0.4) is 0 Å². The van der Waals surface area contributed by atoms with Gasteiger partial charge in [0.15, 0.2) is 0 Å². The van der Waals surface area contributed by atoms with Gasteiger partial charge < -0.3 is 11.1 Å². The van der Waals surface area contributed by atoms with Crippen molar-refractivity contribution in [3.8, 4) is 0 Å². The van der Waals surface area contributed by atoms with Crippen LogP contribution in [-0.4, -0.2) is 11.8 Å². The van der Waals surface area contributed by atoms with Crippen molar-refractivity contribution in [1.82, 2.24) is 5.32 Å². The molecule has 0 aliphatic carbocycles. The average molecular weight is 317 g/mol. The standard InChI is InChI=1S/C17H17ClN2O2/c1-2-15(11-7-9-14(18)10-8-11)20-17(22)13-5-3-12(4-6-13)16(19)21/h3-10,15H,2H2,1H3,(H2,19,21)(H,20,22)/t15-/m0/s1. The Morgan fingerprint density at radius 3 is 2.09 bits per heavy atom. The summed E-state index contributed by atoms with van der Waals surface area (Å²) < 4.78 is 0. The molecule has 22 heavy (non-hydrogen) atoms. The van der Waals surface area contributed by atoms with Crippen molar-refractivity contribution in [2.75, 3.05) is 0 Å². The summed E-state index contributed by atoms with van der Waals surface area (Å²) in [4.78, 5) is 23.3. The molecule has 0 spiro atoms. The molecule has 114 valence electrons. The van der Waals surface area contributed by atoms with Crippen LogP contribution >= 0.6 is 11.6 Å².